The SMILES string of the molecule is CCCCCCOc1ccc(C#Cc2c(C#Cc3ccc(OCCCCCC)cc3)c(C#Cc3ccc(OCCCCCC)cc3)c(C#Cc3ccc(-c4ccc(OCCCC)cc4)cc3)c(C#Cc3ccc(OCCCCCC)cc3)c2C#Cc2ccc(OCCCCCC)cc2)cc1. The summed E-state index contributed by atoms with van der Waals surface area (Å²) in [5.74, 6) is 48.4. The fourth-order valence-corrected chi connectivity index (χ4v) is 10.9. The average Bonchev–Trinajstić information content (AvgIpc) is 0.762. The van der Waals surface area contributed by atoms with Gasteiger partial charge < -0.3 is 28.4 Å². The van der Waals surface area contributed by atoms with Gasteiger partial charge in [0.25, 0.3) is 0 Å². The lowest BCUT2D eigenvalue weighted by Gasteiger charge is -2.13. The number of ether oxygens (including phenoxy) is 6. The van der Waals surface area contributed by atoms with Crippen molar-refractivity contribution in [1.82, 2.24) is 0 Å². The molecule has 0 aliphatic heterocycles. The van der Waals surface area contributed by atoms with E-state index in [0.29, 0.717) is 73.0 Å². The molecule has 0 atom stereocenters. The van der Waals surface area contributed by atoms with Gasteiger partial charge in [0, 0.05) is 33.4 Å². The molecule has 0 aromatic heterocycles. The van der Waals surface area contributed by atoms with Crippen LogP contribution < -0.4 is 28.4 Å². The monoisotopic (exact) mass is 1330 g/mol. The van der Waals surface area contributed by atoms with Crippen molar-refractivity contribution in [2.75, 3.05) is 39.6 Å². The van der Waals surface area contributed by atoms with Crippen LogP contribution in [0.25, 0.3) is 11.1 Å². The first-order valence-corrected chi connectivity index (χ1v) is 37.2. The molecule has 0 unspecified atom stereocenters. The molecule has 0 radical (unpaired) electrons. The zero-order valence-corrected chi connectivity index (χ0v) is 60.4. The highest BCUT2D eigenvalue weighted by Gasteiger charge is 2.21. The standard InChI is InChI=1S/C94H102O6/c1-7-13-19-24-70-96-83-51-31-76(32-52-83)42-64-90-89(63-41-75-29-47-81(48-30-75)82-49-61-88(62-50-82)95-69-18-12-6)91(65-43-77-33-53-84(54-34-77)97-71-25-20-14-8-2)93(67-45-79-37-57-86(58-38-79)99-73-27-22-16-10-4)94(68-46-80-39-59-87(60-40-80)100-74-28-23-17-11-5)92(90)66-44-78-35-55-85(56-36-78)98-72-26-21-15-9-3/h29-40,47-62H,7-28,69-74H2,1-6H3. The Kier molecular flexibility index (Phi) is 33.9. The second-order valence-electron chi connectivity index (χ2n) is 25.2. The first-order valence-electron chi connectivity index (χ1n) is 37.2. The molecule has 100 heavy (non-hydrogen) atoms. The average molecular weight is 1330 g/mol. The Morgan fingerprint density at radius 2 is 0.330 bits per heavy atom. The van der Waals surface area contributed by atoms with Gasteiger partial charge in [0.15, 0.2) is 0 Å². The van der Waals surface area contributed by atoms with Crippen molar-refractivity contribution in [3.05, 3.63) is 237 Å². The van der Waals surface area contributed by atoms with Crippen LogP contribution in [0.15, 0.2) is 170 Å². The van der Waals surface area contributed by atoms with Crippen molar-refractivity contribution in [1.29, 1.82) is 0 Å². The Labute approximate surface area is 600 Å². The molecule has 514 valence electrons. The number of rotatable bonds is 35. The Balaban J connectivity index is 1.39. The minimum atomic E-state index is 0.569. The van der Waals surface area contributed by atoms with Gasteiger partial charge in [0.05, 0.1) is 73.0 Å². The van der Waals surface area contributed by atoms with E-state index in [4.69, 9.17) is 28.4 Å². The van der Waals surface area contributed by atoms with Crippen LogP contribution in [0, 0.1) is 71.0 Å². The number of hydrogen-bond donors (Lipinski definition) is 0. The van der Waals surface area contributed by atoms with Crippen molar-refractivity contribution >= 4 is 0 Å². The molecule has 0 aliphatic carbocycles. The number of unbranched alkanes of at least 4 members (excludes halogenated alkanes) is 16. The van der Waals surface area contributed by atoms with Crippen LogP contribution in [0.3, 0.4) is 0 Å². The lowest BCUT2D eigenvalue weighted by atomic mass is 9.86. The third kappa shape index (κ3) is 26.6. The van der Waals surface area contributed by atoms with Gasteiger partial charge in [0.2, 0.25) is 0 Å². The van der Waals surface area contributed by atoms with Crippen LogP contribution in [0.1, 0.15) is 250 Å². The molecule has 0 fully saturated rings. The highest BCUT2D eigenvalue weighted by Crippen LogP contribution is 2.30. The molecule has 0 amide bonds. The van der Waals surface area contributed by atoms with Gasteiger partial charge in [-0.2, -0.15) is 0 Å². The second kappa shape index (κ2) is 44.8. The molecule has 8 rings (SSSR count). The molecule has 8 aromatic rings. The van der Waals surface area contributed by atoms with E-state index in [1.807, 2.05) is 133 Å². The molecule has 0 heterocycles. The van der Waals surface area contributed by atoms with Gasteiger partial charge in [0.1, 0.15) is 34.5 Å². The van der Waals surface area contributed by atoms with Crippen LogP contribution >= 0.6 is 0 Å². The summed E-state index contributed by atoms with van der Waals surface area (Å²) in [7, 11) is 0. The molecule has 6 heteroatoms. The summed E-state index contributed by atoms with van der Waals surface area (Å²) >= 11 is 0. The van der Waals surface area contributed by atoms with Crippen LogP contribution in [0.4, 0.5) is 0 Å². The first-order chi connectivity index (χ1) is 49.4. The topological polar surface area (TPSA) is 55.4 Å². The van der Waals surface area contributed by atoms with Gasteiger partial charge in [-0.05, 0) is 195 Å². The summed E-state index contributed by atoms with van der Waals surface area (Å²) in [6.07, 6.45) is 24.6. The van der Waals surface area contributed by atoms with Gasteiger partial charge >= 0.3 is 0 Å². The van der Waals surface area contributed by atoms with E-state index in [9.17, 15) is 0 Å². The molecule has 0 aliphatic rings. The fourth-order valence-electron chi connectivity index (χ4n) is 10.9. The van der Waals surface area contributed by atoms with Gasteiger partial charge in [-0.1, -0.05) is 240 Å². The van der Waals surface area contributed by atoms with E-state index < -0.39 is 0 Å². The molecule has 6 nitrogen and oxygen atoms in total. The lowest BCUT2D eigenvalue weighted by Crippen LogP contribution is -2.05. The van der Waals surface area contributed by atoms with Crippen molar-refractivity contribution in [2.24, 2.45) is 0 Å². The van der Waals surface area contributed by atoms with Gasteiger partial charge in [-0.15, -0.1) is 0 Å². The maximum Gasteiger partial charge on any atom is 0.119 e. The Hall–Kier alpha value is -10.1. The third-order valence-electron chi connectivity index (χ3n) is 16.9. The normalized spacial score (nSPS) is 10.3. The van der Waals surface area contributed by atoms with Crippen LogP contribution in [0.2, 0.25) is 0 Å². The molecule has 0 bridgehead atoms. The molecular weight excluding hydrogens is 1230 g/mol. The van der Waals surface area contributed by atoms with Crippen molar-refractivity contribution in [3.8, 4) is 117 Å². The zero-order valence-electron chi connectivity index (χ0n) is 60.4. The summed E-state index contributed by atoms with van der Waals surface area (Å²) in [5, 5.41) is 0. The predicted molar refractivity (Wildman–Crippen MR) is 415 cm³/mol. The van der Waals surface area contributed by atoms with E-state index in [2.05, 4.69) is 149 Å². The van der Waals surface area contributed by atoms with E-state index in [1.165, 1.54) is 64.2 Å². The summed E-state index contributed by atoms with van der Waals surface area (Å²) in [6.45, 7) is 17.3. The quantitative estimate of drug-likeness (QED) is 0.0291. The highest BCUT2D eigenvalue weighted by atomic mass is 16.5. The fraction of sp³-hybridized carbons (Fsp3) is 0.362. The summed E-state index contributed by atoms with van der Waals surface area (Å²) in [5.41, 5.74) is 10.3. The van der Waals surface area contributed by atoms with Gasteiger partial charge in [-0.3, -0.25) is 0 Å². The summed E-state index contributed by atoms with van der Waals surface area (Å²) < 4.78 is 37.1. The number of benzene rings is 8. The van der Waals surface area contributed by atoms with Crippen LogP contribution in [0.5, 0.6) is 34.5 Å². The Morgan fingerprint density at radius 3 is 0.520 bits per heavy atom. The predicted octanol–water partition coefficient (Wildman–Crippen LogP) is 22.7. The zero-order chi connectivity index (χ0) is 69.9. The van der Waals surface area contributed by atoms with Crippen molar-refractivity contribution in [2.45, 2.75) is 183 Å². The largest absolute Gasteiger partial charge is 0.494 e. The van der Waals surface area contributed by atoms with Crippen molar-refractivity contribution in [3.63, 3.8) is 0 Å². The second-order valence-corrected chi connectivity index (χ2v) is 25.2. The molecule has 0 N–H and O–H groups in total. The minimum absolute atomic E-state index is 0.569. The van der Waals surface area contributed by atoms with E-state index in [1.54, 1.807) is 0 Å². The van der Waals surface area contributed by atoms with Crippen LogP contribution in [-0.4, -0.2) is 39.6 Å². The van der Waals surface area contributed by atoms with Crippen LogP contribution in [-0.2, 0) is 0 Å². The molecule has 8 aromatic carbocycles. The Bertz CT molecular complexity index is 3950. The molecule has 0 saturated carbocycles. The van der Waals surface area contributed by atoms with Crippen molar-refractivity contribution < 1.29 is 28.4 Å². The third-order valence-corrected chi connectivity index (χ3v) is 16.9. The van der Waals surface area contributed by atoms with E-state index in [0.717, 1.165) is 156 Å². The minimum Gasteiger partial charge on any atom is -0.494 e. The maximum atomic E-state index is 6.22. The molecule has 0 saturated heterocycles. The summed E-state index contributed by atoms with van der Waals surface area (Å²) in [4.78, 5) is 0. The van der Waals surface area contributed by atoms with E-state index in [-0.39, 0.29) is 0 Å². The first kappa shape index (κ1) is 75.7. The Morgan fingerprint density at radius 1 is 0.170 bits per heavy atom. The van der Waals surface area contributed by atoms with E-state index >= 15 is 0 Å². The highest BCUT2D eigenvalue weighted by molar-refractivity contribution is 5.79. The molecular formula is C94H102O6. The molecule has 0 spiro atoms. The number of hydrogen-bond acceptors (Lipinski definition) is 6. The summed E-state index contributed by atoms with van der Waals surface area (Å²) in [6, 6.07) is 56.6. The smallest absolute Gasteiger partial charge is 0.119 e. The maximum absolute atomic E-state index is 6.22. The van der Waals surface area contributed by atoms with Gasteiger partial charge in [-0.25, -0.2) is 0 Å². The lowest BCUT2D eigenvalue weighted by molar-refractivity contribution is 0.305.